The van der Waals surface area contributed by atoms with Crippen LogP contribution in [0.15, 0.2) is 12.3 Å². The lowest BCUT2D eigenvalue weighted by molar-refractivity contribution is -0.389. The molecule has 3 fully saturated rings. The van der Waals surface area contributed by atoms with Crippen LogP contribution < -0.4 is 5.32 Å². The molecule has 2 saturated carbocycles. The maximum absolute atomic E-state index is 12.4. The van der Waals surface area contributed by atoms with E-state index in [9.17, 15) is 18.5 Å². The Morgan fingerprint density at radius 2 is 1.81 bits per heavy atom. The van der Waals surface area contributed by atoms with Crippen LogP contribution in [0.4, 0.5) is 5.82 Å². The fourth-order valence-electron chi connectivity index (χ4n) is 4.39. The molecule has 4 rings (SSSR count). The Kier molecular flexibility index (Phi) is 5.21. The number of nitro groups is 1. The van der Waals surface area contributed by atoms with Gasteiger partial charge in [0, 0.05) is 25.2 Å². The average Bonchev–Trinajstić information content (AvgIpc) is 3.41. The minimum Gasteiger partial charge on any atom is -0.358 e. The predicted octanol–water partition coefficient (Wildman–Crippen LogP) is 1.82. The van der Waals surface area contributed by atoms with Crippen LogP contribution in [0.3, 0.4) is 0 Å². The van der Waals surface area contributed by atoms with Crippen LogP contribution in [-0.2, 0) is 10.0 Å². The van der Waals surface area contributed by atoms with Gasteiger partial charge in [0.1, 0.15) is 0 Å². The van der Waals surface area contributed by atoms with Crippen LogP contribution >= 0.6 is 0 Å². The van der Waals surface area contributed by atoms with E-state index in [1.807, 2.05) is 0 Å². The molecule has 150 valence electrons. The van der Waals surface area contributed by atoms with Crippen LogP contribution in [0.2, 0.25) is 0 Å². The van der Waals surface area contributed by atoms with E-state index >= 15 is 0 Å². The van der Waals surface area contributed by atoms with Gasteiger partial charge in [-0.05, 0) is 43.4 Å². The number of rotatable bonds is 6. The molecule has 0 unspecified atom stereocenters. The minimum atomic E-state index is -3.08. The summed E-state index contributed by atoms with van der Waals surface area (Å²) in [6.45, 7) is 1.17. The van der Waals surface area contributed by atoms with Gasteiger partial charge in [-0.15, -0.1) is 0 Å². The summed E-state index contributed by atoms with van der Waals surface area (Å²) in [7, 11) is -3.08. The van der Waals surface area contributed by atoms with Crippen molar-refractivity contribution in [3.05, 3.63) is 22.4 Å². The van der Waals surface area contributed by atoms with Crippen molar-refractivity contribution in [1.29, 1.82) is 0 Å². The molecule has 1 N–H and O–H groups in total. The number of hydrogen-bond acceptors (Lipinski definition) is 6. The summed E-state index contributed by atoms with van der Waals surface area (Å²) >= 11 is 0. The summed E-state index contributed by atoms with van der Waals surface area (Å²) in [6.07, 6.45) is 9.13. The van der Waals surface area contributed by atoms with Crippen molar-refractivity contribution >= 4 is 15.8 Å². The lowest BCUT2D eigenvalue weighted by atomic mass is 9.89. The van der Waals surface area contributed by atoms with Crippen molar-refractivity contribution in [1.82, 2.24) is 19.4 Å². The second kappa shape index (κ2) is 7.48. The second-order valence-electron chi connectivity index (χ2n) is 7.95. The summed E-state index contributed by atoms with van der Waals surface area (Å²) < 4.78 is 28.2. The maximum Gasteiger partial charge on any atom is 0.389 e. The van der Waals surface area contributed by atoms with E-state index in [4.69, 9.17) is 0 Å². The zero-order valence-corrected chi connectivity index (χ0v) is 16.2. The maximum atomic E-state index is 12.4. The monoisotopic (exact) mass is 397 g/mol. The molecular weight excluding hydrogens is 370 g/mol. The number of aromatic nitrogens is 2. The van der Waals surface area contributed by atoms with E-state index in [0.29, 0.717) is 13.1 Å². The summed E-state index contributed by atoms with van der Waals surface area (Å²) in [4.78, 5) is 10.5. The molecule has 9 nitrogen and oxygen atoms in total. The molecule has 2 aliphatic carbocycles. The molecule has 0 spiro atoms. The fraction of sp³-hybridized carbons (Fsp3) is 0.824. The van der Waals surface area contributed by atoms with Crippen LogP contribution in [0.5, 0.6) is 0 Å². The second-order valence-corrected chi connectivity index (χ2v) is 10.2. The van der Waals surface area contributed by atoms with E-state index in [1.165, 1.54) is 6.07 Å². The van der Waals surface area contributed by atoms with E-state index in [1.54, 1.807) is 15.2 Å². The first-order chi connectivity index (χ1) is 12.9. The Labute approximate surface area is 159 Å². The molecule has 0 aromatic carbocycles. The Morgan fingerprint density at radius 1 is 1.11 bits per heavy atom. The van der Waals surface area contributed by atoms with Gasteiger partial charge in [-0.25, -0.2) is 12.7 Å². The van der Waals surface area contributed by atoms with Crippen LogP contribution in [0.1, 0.15) is 57.4 Å². The van der Waals surface area contributed by atoms with Crippen LogP contribution in [0, 0.1) is 10.1 Å². The molecule has 1 saturated heterocycles. The highest BCUT2D eigenvalue weighted by Gasteiger charge is 2.41. The summed E-state index contributed by atoms with van der Waals surface area (Å²) in [6, 6.07) is 2.06. The van der Waals surface area contributed by atoms with Gasteiger partial charge < -0.3 is 15.4 Å². The quantitative estimate of drug-likeness (QED) is 0.579. The highest BCUT2D eigenvalue weighted by molar-refractivity contribution is 7.90. The lowest BCUT2D eigenvalue weighted by Gasteiger charge is -2.37. The normalized spacial score (nSPS) is 28.3. The van der Waals surface area contributed by atoms with E-state index in [-0.39, 0.29) is 29.2 Å². The number of nitrogens with one attached hydrogen (secondary N) is 1. The summed E-state index contributed by atoms with van der Waals surface area (Å²) in [5.41, 5.74) is 0. The van der Waals surface area contributed by atoms with Gasteiger partial charge >= 0.3 is 5.82 Å². The number of sulfonamides is 1. The topological polar surface area (TPSA) is 110 Å². The fourth-order valence-corrected chi connectivity index (χ4v) is 6.26. The molecule has 1 aromatic heterocycles. The van der Waals surface area contributed by atoms with Crippen LogP contribution in [-0.4, -0.2) is 57.8 Å². The number of piperidine rings is 1. The van der Waals surface area contributed by atoms with Crippen molar-refractivity contribution in [3.8, 4) is 0 Å². The van der Waals surface area contributed by atoms with Gasteiger partial charge in [0.25, 0.3) is 0 Å². The van der Waals surface area contributed by atoms with Gasteiger partial charge in [0.05, 0.1) is 28.7 Å². The van der Waals surface area contributed by atoms with Crippen molar-refractivity contribution in [3.63, 3.8) is 0 Å². The van der Waals surface area contributed by atoms with E-state index < -0.39 is 14.9 Å². The molecule has 1 aliphatic heterocycles. The third-order valence-corrected chi connectivity index (χ3v) is 8.46. The Morgan fingerprint density at radius 3 is 2.44 bits per heavy atom. The van der Waals surface area contributed by atoms with Crippen molar-refractivity contribution in [2.75, 3.05) is 13.1 Å². The molecule has 10 heteroatoms. The zero-order chi connectivity index (χ0) is 19.0. The van der Waals surface area contributed by atoms with Crippen LogP contribution in [0.25, 0.3) is 0 Å². The number of nitrogens with zero attached hydrogens (tertiary/aromatic N) is 4. The highest BCUT2D eigenvalue weighted by atomic mass is 32.2. The molecular formula is C17H27N5O4S. The average molecular weight is 398 g/mol. The standard InChI is InChI=1S/C17H27N5O4S/c23-22(24)17-9-12-21(19-17)16-4-2-1-3-15(16)18-13-7-10-20(11-8-13)27(25,26)14-5-6-14/h9,12-16,18H,1-8,10-11H2/t15-,16+/m0/s1. The van der Waals surface area contributed by atoms with Gasteiger partial charge in [-0.1, -0.05) is 12.8 Å². The Bertz CT molecular complexity index is 783. The molecule has 27 heavy (non-hydrogen) atoms. The highest BCUT2D eigenvalue weighted by Crippen LogP contribution is 2.33. The smallest absolute Gasteiger partial charge is 0.358 e. The first-order valence-electron chi connectivity index (χ1n) is 9.90. The molecule has 3 aliphatic rings. The van der Waals surface area contributed by atoms with E-state index in [0.717, 1.165) is 51.4 Å². The molecule has 0 amide bonds. The molecule has 1 aromatic rings. The zero-order valence-electron chi connectivity index (χ0n) is 15.4. The van der Waals surface area contributed by atoms with Gasteiger partial charge in [-0.2, -0.15) is 4.68 Å². The molecule has 2 atom stereocenters. The predicted molar refractivity (Wildman–Crippen MR) is 99.8 cm³/mol. The Hall–Kier alpha value is -1.52. The molecule has 0 radical (unpaired) electrons. The SMILES string of the molecule is O=[N+]([O-])c1ccn([C@@H]2CCCC[C@@H]2NC2CCN(S(=O)(=O)C3CC3)CC2)n1. The third-order valence-electron chi connectivity index (χ3n) is 6.06. The summed E-state index contributed by atoms with van der Waals surface area (Å²) in [5, 5.41) is 18.6. The third kappa shape index (κ3) is 4.02. The van der Waals surface area contributed by atoms with Crippen molar-refractivity contribution in [2.24, 2.45) is 0 Å². The van der Waals surface area contributed by atoms with Crippen molar-refractivity contribution < 1.29 is 13.3 Å². The van der Waals surface area contributed by atoms with Gasteiger partial charge in [-0.3, -0.25) is 0 Å². The summed E-state index contributed by atoms with van der Waals surface area (Å²) in [5.74, 6) is -0.113. The first-order valence-corrected chi connectivity index (χ1v) is 11.4. The lowest BCUT2D eigenvalue weighted by Crippen LogP contribution is -2.51. The van der Waals surface area contributed by atoms with Crippen molar-refractivity contribution in [2.45, 2.75) is 74.7 Å². The largest absolute Gasteiger partial charge is 0.389 e. The Balaban J connectivity index is 1.36. The minimum absolute atomic E-state index is 0.112. The number of hydrogen-bond donors (Lipinski definition) is 1. The van der Waals surface area contributed by atoms with E-state index in [2.05, 4.69) is 10.4 Å². The molecule has 0 bridgehead atoms. The molecule has 2 heterocycles. The first kappa shape index (κ1) is 18.8. The van der Waals surface area contributed by atoms with Gasteiger partial charge in [0.2, 0.25) is 10.0 Å². The van der Waals surface area contributed by atoms with Gasteiger partial charge in [0.15, 0.2) is 0 Å².